The molecule has 0 aliphatic heterocycles. The van der Waals surface area contributed by atoms with Crippen LogP contribution in [0.4, 0.5) is 0 Å². The zero-order chi connectivity index (χ0) is 33.6. The topological polar surface area (TPSA) is 66.4 Å². The molecule has 0 rings (SSSR count). The van der Waals surface area contributed by atoms with Gasteiger partial charge in [0.15, 0.2) is 0 Å². The minimum atomic E-state index is -0.827. The first-order valence-corrected chi connectivity index (χ1v) is 19.7. The lowest BCUT2D eigenvalue weighted by Gasteiger charge is -2.19. The molecule has 4 heteroatoms. The summed E-state index contributed by atoms with van der Waals surface area (Å²) < 4.78 is 0. The van der Waals surface area contributed by atoms with Gasteiger partial charge in [-0.25, -0.2) is 0 Å². The molecule has 0 aromatic carbocycles. The van der Waals surface area contributed by atoms with Crippen molar-refractivity contribution in [3.05, 3.63) is 48.6 Å². The predicted octanol–water partition coefficient (Wildman–Crippen LogP) is 13.1. The lowest BCUT2D eigenvalue weighted by Crippen LogP contribution is -2.34. The minimum absolute atomic E-state index is 0.0197. The molecule has 0 heterocycles. The Labute approximate surface area is 286 Å². The number of carbonyl (C=O) groups is 2. The molecule has 266 valence electrons. The van der Waals surface area contributed by atoms with E-state index in [9.17, 15) is 9.59 Å². The number of nitrogens with one attached hydrogen (secondary N) is 1. The van der Waals surface area contributed by atoms with Crippen LogP contribution in [0.5, 0.6) is 0 Å². The maximum absolute atomic E-state index is 12.5. The number of carboxylic acids is 1. The van der Waals surface area contributed by atoms with Gasteiger partial charge in [-0.3, -0.25) is 9.59 Å². The van der Waals surface area contributed by atoms with Crippen LogP contribution in [0, 0.1) is 0 Å². The van der Waals surface area contributed by atoms with Crippen LogP contribution in [0.2, 0.25) is 0 Å². The molecule has 0 aliphatic carbocycles. The van der Waals surface area contributed by atoms with Crippen molar-refractivity contribution in [1.82, 2.24) is 5.32 Å². The van der Waals surface area contributed by atoms with Gasteiger partial charge in [0.2, 0.25) is 5.91 Å². The molecule has 0 aromatic rings. The standard InChI is InChI=1S/C42H75NO3/c1-3-5-7-9-11-13-15-17-19-21-23-25-27-29-31-33-36-40(43-41(44)38-35-39-42(45)46)37-34-32-30-28-26-24-22-20-18-16-14-12-10-8-6-4-2/h11-14,17-20,40H,3-10,15-16,21-39H2,1-2H3,(H,43,44)(H,45,46)/b13-11-,14-12-,19-17-,20-18-. The number of rotatable bonds is 35. The van der Waals surface area contributed by atoms with E-state index in [1.807, 2.05) is 0 Å². The summed E-state index contributed by atoms with van der Waals surface area (Å²) in [5.74, 6) is -0.807. The summed E-state index contributed by atoms with van der Waals surface area (Å²) in [6.07, 6.45) is 51.4. The highest BCUT2D eigenvalue weighted by Crippen LogP contribution is 2.16. The second kappa shape index (κ2) is 37.4. The molecule has 0 bridgehead atoms. The van der Waals surface area contributed by atoms with Crippen molar-refractivity contribution in [2.45, 2.75) is 206 Å². The third-order valence-electron chi connectivity index (χ3n) is 8.67. The summed E-state index contributed by atoms with van der Waals surface area (Å²) in [7, 11) is 0. The zero-order valence-corrected chi connectivity index (χ0v) is 30.5. The van der Waals surface area contributed by atoms with Crippen molar-refractivity contribution in [3.8, 4) is 0 Å². The van der Waals surface area contributed by atoms with E-state index in [-0.39, 0.29) is 18.4 Å². The quantitative estimate of drug-likeness (QED) is 0.0534. The maximum atomic E-state index is 12.5. The van der Waals surface area contributed by atoms with E-state index in [2.05, 4.69) is 67.8 Å². The van der Waals surface area contributed by atoms with Crippen LogP contribution in [0.1, 0.15) is 200 Å². The van der Waals surface area contributed by atoms with Crippen molar-refractivity contribution in [3.63, 3.8) is 0 Å². The first-order chi connectivity index (χ1) is 22.6. The van der Waals surface area contributed by atoms with E-state index in [1.54, 1.807) is 0 Å². The third kappa shape index (κ3) is 36.4. The molecule has 0 saturated heterocycles. The van der Waals surface area contributed by atoms with Gasteiger partial charge in [-0.1, -0.05) is 152 Å². The average molecular weight is 642 g/mol. The summed E-state index contributed by atoms with van der Waals surface area (Å²) in [6.45, 7) is 4.50. The fourth-order valence-electron chi connectivity index (χ4n) is 5.75. The molecule has 0 aliphatic rings. The van der Waals surface area contributed by atoms with Crippen LogP contribution in [0.25, 0.3) is 0 Å². The van der Waals surface area contributed by atoms with Gasteiger partial charge in [-0.05, 0) is 83.5 Å². The second-order valence-corrected chi connectivity index (χ2v) is 13.3. The summed E-state index contributed by atoms with van der Waals surface area (Å²) in [5.41, 5.74) is 0. The summed E-state index contributed by atoms with van der Waals surface area (Å²) in [6, 6.07) is 0.231. The van der Waals surface area contributed by atoms with Gasteiger partial charge in [-0.15, -0.1) is 0 Å². The van der Waals surface area contributed by atoms with Gasteiger partial charge in [0, 0.05) is 18.9 Å². The Morgan fingerprint density at radius 1 is 0.478 bits per heavy atom. The lowest BCUT2D eigenvalue weighted by molar-refractivity contribution is -0.137. The molecule has 0 unspecified atom stereocenters. The summed E-state index contributed by atoms with van der Waals surface area (Å²) in [4.78, 5) is 23.3. The number of aliphatic carboxylic acids is 1. The molecule has 0 atom stereocenters. The summed E-state index contributed by atoms with van der Waals surface area (Å²) >= 11 is 0. The van der Waals surface area contributed by atoms with Gasteiger partial charge in [0.05, 0.1) is 0 Å². The Balaban J connectivity index is 4.02. The van der Waals surface area contributed by atoms with Crippen LogP contribution in [0.3, 0.4) is 0 Å². The van der Waals surface area contributed by atoms with Gasteiger partial charge in [0.1, 0.15) is 0 Å². The Kier molecular flexibility index (Phi) is 35.7. The monoisotopic (exact) mass is 642 g/mol. The molecular formula is C42H75NO3. The number of hydrogen-bond donors (Lipinski definition) is 2. The number of allylic oxidation sites excluding steroid dienone is 8. The Bertz CT molecular complexity index is 734. The van der Waals surface area contributed by atoms with E-state index in [0.717, 1.165) is 38.5 Å². The van der Waals surface area contributed by atoms with Crippen LogP contribution in [0.15, 0.2) is 48.6 Å². The molecule has 0 aromatic heterocycles. The van der Waals surface area contributed by atoms with Crippen molar-refractivity contribution < 1.29 is 14.7 Å². The smallest absolute Gasteiger partial charge is 0.303 e. The molecule has 4 nitrogen and oxygen atoms in total. The number of carbonyl (C=O) groups excluding carboxylic acids is 1. The number of carboxylic acid groups (broad SMARTS) is 1. The highest BCUT2D eigenvalue weighted by atomic mass is 16.4. The van der Waals surface area contributed by atoms with Gasteiger partial charge < -0.3 is 10.4 Å². The van der Waals surface area contributed by atoms with Crippen molar-refractivity contribution >= 4 is 11.9 Å². The van der Waals surface area contributed by atoms with Crippen LogP contribution in [-0.2, 0) is 9.59 Å². The highest BCUT2D eigenvalue weighted by Gasteiger charge is 2.12. The number of unbranched alkanes of at least 4 members (excludes halogenated alkanes) is 18. The first-order valence-electron chi connectivity index (χ1n) is 19.7. The minimum Gasteiger partial charge on any atom is -0.481 e. The molecule has 0 fully saturated rings. The highest BCUT2D eigenvalue weighted by molar-refractivity contribution is 5.77. The second-order valence-electron chi connectivity index (χ2n) is 13.3. The molecular weight excluding hydrogens is 566 g/mol. The van der Waals surface area contributed by atoms with Crippen molar-refractivity contribution in [1.29, 1.82) is 0 Å². The normalized spacial score (nSPS) is 12.2. The van der Waals surface area contributed by atoms with Gasteiger partial charge in [0.25, 0.3) is 0 Å². The SMILES string of the molecule is CCCCC/C=C\C/C=C\CCCCCCCCC(CCCCCCCC/C=C\C/C=C\CCCCC)NC(=O)CCCC(=O)O. The van der Waals surface area contributed by atoms with E-state index < -0.39 is 5.97 Å². The first kappa shape index (κ1) is 43.9. The lowest BCUT2D eigenvalue weighted by atomic mass is 9.99. The van der Waals surface area contributed by atoms with Crippen LogP contribution in [-0.4, -0.2) is 23.0 Å². The maximum Gasteiger partial charge on any atom is 0.303 e. The number of amides is 1. The van der Waals surface area contributed by atoms with Crippen molar-refractivity contribution in [2.75, 3.05) is 0 Å². The van der Waals surface area contributed by atoms with E-state index in [1.165, 1.54) is 128 Å². The largest absolute Gasteiger partial charge is 0.481 e. The van der Waals surface area contributed by atoms with E-state index in [0.29, 0.717) is 12.8 Å². The molecule has 0 radical (unpaired) electrons. The fraction of sp³-hybridized carbons (Fsp3) is 0.762. The molecule has 1 amide bonds. The molecule has 0 saturated carbocycles. The third-order valence-corrected chi connectivity index (χ3v) is 8.67. The number of hydrogen-bond acceptors (Lipinski definition) is 2. The Hall–Kier alpha value is -2.10. The van der Waals surface area contributed by atoms with E-state index >= 15 is 0 Å². The van der Waals surface area contributed by atoms with Crippen LogP contribution < -0.4 is 5.32 Å². The fourth-order valence-corrected chi connectivity index (χ4v) is 5.75. The molecule has 2 N–H and O–H groups in total. The summed E-state index contributed by atoms with van der Waals surface area (Å²) in [5, 5.41) is 12.1. The Morgan fingerprint density at radius 2 is 0.848 bits per heavy atom. The Morgan fingerprint density at radius 3 is 1.24 bits per heavy atom. The van der Waals surface area contributed by atoms with Gasteiger partial charge in [-0.2, -0.15) is 0 Å². The van der Waals surface area contributed by atoms with Gasteiger partial charge >= 0.3 is 5.97 Å². The van der Waals surface area contributed by atoms with E-state index in [4.69, 9.17) is 5.11 Å². The average Bonchev–Trinajstić information content (AvgIpc) is 3.04. The molecule has 46 heavy (non-hydrogen) atoms. The van der Waals surface area contributed by atoms with Crippen LogP contribution >= 0.6 is 0 Å². The van der Waals surface area contributed by atoms with Crippen molar-refractivity contribution in [2.24, 2.45) is 0 Å². The molecule has 0 spiro atoms. The zero-order valence-electron chi connectivity index (χ0n) is 30.5. The predicted molar refractivity (Wildman–Crippen MR) is 201 cm³/mol.